The number of ether oxygens (including phenoxy) is 2. The lowest BCUT2D eigenvalue weighted by Crippen LogP contribution is -2.13. The number of hydrogen-bond acceptors (Lipinski definition) is 6. The van der Waals surface area contributed by atoms with Crippen LogP contribution in [0.2, 0.25) is 5.02 Å². The SMILES string of the molecule is COc1ccc(C(=O)Oc2ccc(/C=C(\C#N)C(=O)Nc3ccc(C(=O)O)cc3)cc2Cl)cc1. The van der Waals surface area contributed by atoms with E-state index in [0.29, 0.717) is 22.6 Å². The Morgan fingerprint density at radius 3 is 2.21 bits per heavy atom. The van der Waals surface area contributed by atoms with Gasteiger partial charge in [0.25, 0.3) is 5.91 Å². The van der Waals surface area contributed by atoms with E-state index in [1.807, 2.05) is 6.07 Å². The Kier molecular flexibility index (Phi) is 7.64. The van der Waals surface area contributed by atoms with Crippen LogP contribution in [-0.2, 0) is 4.79 Å². The fourth-order valence-electron chi connectivity index (χ4n) is 2.79. The molecule has 9 heteroatoms. The van der Waals surface area contributed by atoms with Crippen LogP contribution in [0.3, 0.4) is 0 Å². The number of hydrogen-bond donors (Lipinski definition) is 2. The second-order valence-electron chi connectivity index (χ2n) is 6.81. The molecule has 0 aliphatic rings. The number of benzene rings is 3. The normalized spacial score (nSPS) is 10.7. The number of halogens is 1. The molecule has 0 saturated carbocycles. The Morgan fingerprint density at radius 2 is 1.65 bits per heavy atom. The van der Waals surface area contributed by atoms with Crippen molar-refractivity contribution in [2.45, 2.75) is 0 Å². The van der Waals surface area contributed by atoms with Crippen LogP contribution in [0.25, 0.3) is 6.08 Å². The van der Waals surface area contributed by atoms with E-state index >= 15 is 0 Å². The van der Waals surface area contributed by atoms with E-state index in [4.69, 9.17) is 26.2 Å². The minimum atomic E-state index is -1.09. The standard InChI is InChI=1S/C25H17ClN2O6/c1-33-20-9-5-17(6-10-20)25(32)34-22-11-2-15(13-21(22)26)12-18(14-27)23(29)28-19-7-3-16(4-8-19)24(30)31/h2-13H,1H3,(H,28,29)(H,30,31)/b18-12+. The number of aromatic carboxylic acids is 1. The molecule has 0 spiro atoms. The van der Waals surface area contributed by atoms with Gasteiger partial charge < -0.3 is 19.9 Å². The summed E-state index contributed by atoms with van der Waals surface area (Å²) in [6.07, 6.45) is 1.32. The average molecular weight is 477 g/mol. The van der Waals surface area contributed by atoms with Crippen LogP contribution >= 0.6 is 11.6 Å². The highest BCUT2D eigenvalue weighted by Gasteiger charge is 2.14. The molecule has 170 valence electrons. The molecule has 0 aromatic heterocycles. The molecule has 0 saturated heterocycles. The first-order valence-electron chi connectivity index (χ1n) is 9.73. The smallest absolute Gasteiger partial charge is 0.343 e. The summed E-state index contributed by atoms with van der Waals surface area (Å²) in [5.74, 6) is -1.68. The van der Waals surface area contributed by atoms with Crippen LogP contribution in [0, 0.1) is 11.3 Å². The highest BCUT2D eigenvalue weighted by atomic mass is 35.5. The summed E-state index contributed by atoms with van der Waals surface area (Å²) in [5.41, 5.74) is 0.927. The Morgan fingerprint density at radius 1 is 1.00 bits per heavy atom. The minimum absolute atomic E-state index is 0.0662. The zero-order valence-corrected chi connectivity index (χ0v) is 18.5. The maximum Gasteiger partial charge on any atom is 0.343 e. The van der Waals surface area contributed by atoms with E-state index in [1.165, 1.54) is 55.7 Å². The van der Waals surface area contributed by atoms with Gasteiger partial charge in [-0.05, 0) is 72.3 Å². The molecule has 3 aromatic carbocycles. The third kappa shape index (κ3) is 6.00. The van der Waals surface area contributed by atoms with Crippen molar-refractivity contribution < 1.29 is 29.0 Å². The number of nitrogens with zero attached hydrogens (tertiary/aromatic N) is 1. The summed E-state index contributed by atoms with van der Waals surface area (Å²) in [7, 11) is 1.52. The molecule has 0 aliphatic carbocycles. The highest BCUT2D eigenvalue weighted by molar-refractivity contribution is 6.32. The molecular weight excluding hydrogens is 460 g/mol. The number of anilines is 1. The molecule has 34 heavy (non-hydrogen) atoms. The van der Waals surface area contributed by atoms with Crippen LogP contribution in [0.4, 0.5) is 5.69 Å². The zero-order chi connectivity index (χ0) is 24.7. The third-order valence-electron chi connectivity index (χ3n) is 4.55. The van der Waals surface area contributed by atoms with Gasteiger partial charge in [0.05, 0.1) is 23.3 Å². The minimum Gasteiger partial charge on any atom is -0.497 e. The van der Waals surface area contributed by atoms with Crippen molar-refractivity contribution in [1.82, 2.24) is 0 Å². The molecule has 0 bridgehead atoms. The van der Waals surface area contributed by atoms with E-state index in [-0.39, 0.29) is 21.9 Å². The first-order chi connectivity index (χ1) is 16.3. The topological polar surface area (TPSA) is 126 Å². The molecule has 8 nitrogen and oxygen atoms in total. The Hall–Kier alpha value is -4.61. The monoisotopic (exact) mass is 476 g/mol. The van der Waals surface area contributed by atoms with Crippen molar-refractivity contribution in [2.75, 3.05) is 12.4 Å². The number of carbonyl (C=O) groups is 3. The number of nitriles is 1. The number of rotatable bonds is 7. The van der Waals surface area contributed by atoms with Crippen LogP contribution in [-0.4, -0.2) is 30.1 Å². The molecule has 0 unspecified atom stereocenters. The predicted molar refractivity (Wildman–Crippen MR) is 125 cm³/mol. The van der Waals surface area contributed by atoms with E-state index in [0.717, 1.165) is 0 Å². The lowest BCUT2D eigenvalue weighted by molar-refractivity contribution is -0.112. The van der Waals surface area contributed by atoms with Gasteiger partial charge in [0, 0.05) is 5.69 Å². The van der Waals surface area contributed by atoms with Gasteiger partial charge in [-0.25, -0.2) is 9.59 Å². The molecule has 0 fully saturated rings. The largest absolute Gasteiger partial charge is 0.497 e. The number of esters is 1. The number of carboxylic acids is 1. The maximum absolute atomic E-state index is 12.4. The molecule has 1 amide bonds. The number of methoxy groups -OCH3 is 1. The van der Waals surface area contributed by atoms with Crippen molar-refractivity contribution in [2.24, 2.45) is 0 Å². The van der Waals surface area contributed by atoms with E-state index < -0.39 is 17.8 Å². The van der Waals surface area contributed by atoms with Gasteiger partial charge >= 0.3 is 11.9 Å². The lowest BCUT2D eigenvalue weighted by Gasteiger charge is -2.08. The predicted octanol–water partition coefficient (Wildman–Crippen LogP) is 4.81. The van der Waals surface area contributed by atoms with Gasteiger partial charge in [0.2, 0.25) is 0 Å². The molecule has 3 rings (SSSR count). The Labute approximate surface area is 199 Å². The van der Waals surface area contributed by atoms with Crippen molar-refractivity contribution in [3.8, 4) is 17.6 Å². The summed E-state index contributed by atoms with van der Waals surface area (Å²) in [6, 6.07) is 18.1. The van der Waals surface area contributed by atoms with Crippen molar-refractivity contribution in [3.63, 3.8) is 0 Å². The Bertz CT molecular complexity index is 1310. The molecule has 0 aliphatic heterocycles. The van der Waals surface area contributed by atoms with Gasteiger partial charge in [-0.15, -0.1) is 0 Å². The van der Waals surface area contributed by atoms with Crippen molar-refractivity contribution >= 4 is 41.2 Å². The van der Waals surface area contributed by atoms with E-state index in [9.17, 15) is 19.6 Å². The molecule has 0 atom stereocenters. The van der Waals surface area contributed by atoms with Crippen molar-refractivity contribution in [3.05, 3.63) is 94.0 Å². The summed E-state index contributed by atoms with van der Waals surface area (Å²) in [4.78, 5) is 35.7. The first-order valence-corrected chi connectivity index (χ1v) is 10.1. The van der Waals surface area contributed by atoms with Gasteiger partial charge in [-0.3, -0.25) is 4.79 Å². The quantitative estimate of drug-likeness (QED) is 0.217. The van der Waals surface area contributed by atoms with E-state index in [1.54, 1.807) is 24.3 Å². The average Bonchev–Trinajstić information content (AvgIpc) is 2.84. The number of nitrogens with one attached hydrogen (secondary N) is 1. The third-order valence-corrected chi connectivity index (χ3v) is 4.85. The second kappa shape index (κ2) is 10.8. The fourth-order valence-corrected chi connectivity index (χ4v) is 3.01. The number of amides is 1. The highest BCUT2D eigenvalue weighted by Crippen LogP contribution is 2.27. The van der Waals surface area contributed by atoms with Crippen LogP contribution in [0.15, 0.2) is 72.3 Å². The summed E-state index contributed by atoms with van der Waals surface area (Å²) >= 11 is 6.23. The number of carboxylic acid groups (broad SMARTS) is 1. The van der Waals surface area contributed by atoms with E-state index in [2.05, 4.69) is 5.32 Å². The number of carbonyl (C=O) groups excluding carboxylic acids is 2. The first kappa shape index (κ1) is 24.0. The summed E-state index contributed by atoms with van der Waals surface area (Å²) in [6.45, 7) is 0. The zero-order valence-electron chi connectivity index (χ0n) is 17.7. The molecular formula is C25H17ClN2O6. The van der Waals surface area contributed by atoms with Gasteiger partial charge in [0.1, 0.15) is 23.1 Å². The summed E-state index contributed by atoms with van der Waals surface area (Å²) in [5, 5.41) is 21.0. The van der Waals surface area contributed by atoms with Crippen molar-refractivity contribution in [1.29, 1.82) is 5.26 Å². The molecule has 0 radical (unpaired) electrons. The maximum atomic E-state index is 12.4. The van der Waals surface area contributed by atoms with Crippen LogP contribution < -0.4 is 14.8 Å². The molecule has 3 aromatic rings. The van der Waals surface area contributed by atoms with Gasteiger partial charge in [-0.2, -0.15) is 5.26 Å². The van der Waals surface area contributed by atoms with Gasteiger partial charge in [0.15, 0.2) is 0 Å². The van der Waals surface area contributed by atoms with Gasteiger partial charge in [-0.1, -0.05) is 17.7 Å². The van der Waals surface area contributed by atoms with Crippen LogP contribution in [0.5, 0.6) is 11.5 Å². The molecule has 0 heterocycles. The molecule has 2 N–H and O–H groups in total. The fraction of sp³-hybridized carbons (Fsp3) is 0.0400. The second-order valence-corrected chi connectivity index (χ2v) is 7.22. The summed E-state index contributed by atoms with van der Waals surface area (Å²) < 4.78 is 10.4. The lowest BCUT2D eigenvalue weighted by atomic mass is 10.1. The Balaban J connectivity index is 1.71. The van der Waals surface area contributed by atoms with Crippen LogP contribution in [0.1, 0.15) is 26.3 Å².